The lowest BCUT2D eigenvalue weighted by Crippen LogP contribution is -2.61. The Balaban J connectivity index is 1.85. The first kappa shape index (κ1) is 17.5. The number of amides is 1. The predicted octanol–water partition coefficient (Wildman–Crippen LogP) is 2.68. The number of rotatable bonds is 4. The summed E-state index contributed by atoms with van der Waals surface area (Å²) >= 11 is 0. The molecule has 1 aromatic carbocycles. The standard InChI is InChI=1S/C19H25N3O3/c1-12-10-14(6-7-16(12)24-5)17-21-15(13(2)25-17)11-22-9-8-20-18(23)19(22,3)4/h6-7,10H,8-9,11H2,1-5H3,(H,20,23). The summed E-state index contributed by atoms with van der Waals surface area (Å²) in [6.07, 6.45) is 0. The van der Waals surface area contributed by atoms with Gasteiger partial charge in [0, 0.05) is 25.2 Å². The molecule has 0 aliphatic carbocycles. The van der Waals surface area contributed by atoms with Gasteiger partial charge in [0.25, 0.3) is 0 Å². The van der Waals surface area contributed by atoms with Crippen LogP contribution < -0.4 is 10.1 Å². The van der Waals surface area contributed by atoms with Crippen LogP contribution in [-0.4, -0.2) is 41.5 Å². The molecule has 0 bridgehead atoms. The third-order valence-corrected chi connectivity index (χ3v) is 4.89. The molecule has 0 radical (unpaired) electrons. The molecule has 1 amide bonds. The minimum atomic E-state index is -0.555. The number of hydrogen-bond donors (Lipinski definition) is 1. The fourth-order valence-electron chi connectivity index (χ4n) is 3.11. The summed E-state index contributed by atoms with van der Waals surface area (Å²) in [5.41, 5.74) is 2.27. The zero-order chi connectivity index (χ0) is 18.2. The SMILES string of the molecule is COc1ccc(-c2nc(CN3CCNC(=O)C3(C)C)c(C)o2)cc1C. The van der Waals surface area contributed by atoms with Crippen molar-refractivity contribution >= 4 is 5.91 Å². The Bertz CT molecular complexity index is 795. The molecule has 25 heavy (non-hydrogen) atoms. The summed E-state index contributed by atoms with van der Waals surface area (Å²) in [5, 5.41) is 2.91. The number of oxazole rings is 1. The minimum Gasteiger partial charge on any atom is -0.496 e. The second-order valence-corrected chi connectivity index (χ2v) is 6.94. The van der Waals surface area contributed by atoms with Crippen LogP contribution >= 0.6 is 0 Å². The first-order valence-electron chi connectivity index (χ1n) is 8.47. The van der Waals surface area contributed by atoms with E-state index in [-0.39, 0.29) is 5.91 Å². The number of aromatic nitrogens is 1. The van der Waals surface area contributed by atoms with Crippen LogP contribution in [0.25, 0.3) is 11.5 Å². The zero-order valence-corrected chi connectivity index (χ0v) is 15.5. The second-order valence-electron chi connectivity index (χ2n) is 6.94. The van der Waals surface area contributed by atoms with Crippen molar-refractivity contribution in [2.45, 2.75) is 39.8 Å². The van der Waals surface area contributed by atoms with Crippen molar-refractivity contribution in [3.8, 4) is 17.2 Å². The predicted molar refractivity (Wildman–Crippen MR) is 95.5 cm³/mol. The Morgan fingerprint density at radius 3 is 2.80 bits per heavy atom. The zero-order valence-electron chi connectivity index (χ0n) is 15.5. The Morgan fingerprint density at radius 2 is 2.12 bits per heavy atom. The summed E-state index contributed by atoms with van der Waals surface area (Å²) < 4.78 is 11.2. The maximum Gasteiger partial charge on any atom is 0.240 e. The molecule has 1 fully saturated rings. The molecule has 0 atom stereocenters. The molecule has 1 aromatic heterocycles. The minimum absolute atomic E-state index is 0.0471. The van der Waals surface area contributed by atoms with Gasteiger partial charge in [0.2, 0.25) is 11.8 Å². The molecular weight excluding hydrogens is 318 g/mol. The summed E-state index contributed by atoms with van der Waals surface area (Å²) in [5.74, 6) is 2.27. The molecule has 134 valence electrons. The molecule has 0 saturated carbocycles. The molecule has 6 heteroatoms. The van der Waals surface area contributed by atoms with Gasteiger partial charge in [0.1, 0.15) is 11.5 Å². The Kier molecular flexibility index (Phi) is 4.56. The number of nitrogens with zero attached hydrogens (tertiary/aromatic N) is 2. The Labute approximate surface area is 148 Å². The average Bonchev–Trinajstić information content (AvgIpc) is 2.93. The smallest absolute Gasteiger partial charge is 0.240 e. The van der Waals surface area contributed by atoms with E-state index in [1.54, 1.807) is 7.11 Å². The van der Waals surface area contributed by atoms with Gasteiger partial charge in [0.05, 0.1) is 18.3 Å². The van der Waals surface area contributed by atoms with E-state index in [0.29, 0.717) is 19.0 Å². The van der Waals surface area contributed by atoms with E-state index in [0.717, 1.165) is 34.9 Å². The molecule has 1 aliphatic rings. The van der Waals surface area contributed by atoms with Gasteiger partial charge in [-0.05, 0) is 51.5 Å². The number of hydrogen-bond acceptors (Lipinski definition) is 5. The highest BCUT2D eigenvalue weighted by Gasteiger charge is 2.38. The van der Waals surface area contributed by atoms with Gasteiger partial charge in [-0.1, -0.05) is 0 Å². The van der Waals surface area contributed by atoms with E-state index in [4.69, 9.17) is 9.15 Å². The molecule has 2 heterocycles. The van der Waals surface area contributed by atoms with Crippen LogP contribution in [0.5, 0.6) is 5.75 Å². The van der Waals surface area contributed by atoms with Crippen LogP contribution in [0, 0.1) is 13.8 Å². The molecule has 2 aromatic rings. The molecular formula is C19H25N3O3. The van der Waals surface area contributed by atoms with E-state index >= 15 is 0 Å². The first-order chi connectivity index (χ1) is 11.8. The number of aryl methyl sites for hydroxylation is 2. The summed E-state index contributed by atoms with van der Waals surface area (Å²) in [6.45, 7) is 9.82. The quantitative estimate of drug-likeness (QED) is 0.924. The van der Waals surface area contributed by atoms with Crippen LogP contribution in [0.1, 0.15) is 30.9 Å². The average molecular weight is 343 g/mol. The van der Waals surface area contributed by atoms with Gasteiger partial charge < -0.3 is 14.5 Å². The van der Waals surface area contributed by atoms with Gasteiger partial charge in [-0.15, -0.1) is 0 Å². The fourth-order valence-corrected chi connectivity index (χ4v) is 3.11. The first-order valence-corrected chi connectivity index (χ1v) is 8.47. The molecule has 1 N–H and O–H groups in total. The van der Waals surface area contributed by atoms with Gasteiger partial charge in [0.15, 0.2) is 0 Å². The van der Waals surface area contributed by atoms with Crippen LogP contribution in [0.3, 0.4) is 0 Å². The van der Waals surface area contributed by atoms with Crippen molar-refractivity contribution < 1.29 is 13.9 Å². The monoisotopic (exact) mass is 343 g/mol. The lowest BCUT2D eigenvalue weighted by Gasteiger charge is -2.40. The van der Waals surface area contributed by atoms with E-state index in [9.17, 15) is 4.79 Å². The van der Waals surface area contributed by atoms with Crippen LogP contribution in [0.4, 0.5) is 0 Å². The van der Waals surface area contributed by atoms with E-state index in [2.05, 4.69) is 15.2 Å². The molecule has 0 spiro atoms. The van der Waals surface area contributed by atoms with E-state index in [1.165, 1.54) is 0 Å². The van der Waals surface area contributed by atoms with E-state index in [1.807, 2.05) is 45.9 Å². The number of carbonyl (C=O) groups is 1. The second kappa shape index (κ2) is 6.52. The number of benzene rings is 1. The van der Waals surface area contributed by atoms with Crippen molar-refractivity contribution in [1.29, 1.82) is 0 Å². The normalized spacial score (nSPS) is 17.4. The van der Waals surface area contributed by atoms with Crippen molar-refractivity contribution in [2.75, 3.05) is 20.2 Å². The highest BCUT2D eigenvalue weighted by molar-refractivity contribution is 5.86. The summed E-state index contributed by atoms with van der Waals surface area (Å²) in [4.78, 5) is 18.9. The largest absolute Gasteiger partial charge is 0.496 e. The molecule has 1 saturated heterocycles. The number of ether oxygens (including phenoxy) is 1. The Hall–Kier alpha value is -2.34. The summed E-state index contributed by atoms with van der Waals surface area (Å²) in [7, 11) is 1.66. The van der Waals surface area contributed by atoms with Gasteiger partial charge in [-0.3, -0.25) is 9.69 Å². The van der Waals surface area contributed by atoms with Gasteiger partial charge >= 0.3 is 0 Å². The lowest BCUT2D eigenvalue weighted by atomic mass is 9.98. The van der Waals surface area contributed by atoms with Crippen LogP contribution in [-0.2, 0) is 11.3 Å². The third-order valence-electron chi connectivity index (χ3n) is 4.89. The van der Waals surface area contributed by atoms with Crippen molar-refractivity contribution in [1.82, 2.24) is 15.2 Å². The number of carbonyl (C=O) groups excluding carboxylic acids is 1. The lowest BCUT2D eigenvalue weighted by molar-refractivity contribution is -0.135. The maximum absolute atomic E-state index is 12.1. The highest BCUT2D eigenvalue weighted by Crippen LogP contribution is 2.28. The van der Waals surface area contributed by atoms with Crippen molar-refractivity contribution in [3.05, 3.63) is 35.2 Å². The fraction of sp³-hybridized carbons (Fsp3) is 0.474. The van der Waals surface area contributed by atoms with E-state index < -0.39 is 5.54 Å². The van der Waals surface area contributed by atoms with Crippen LogP contribution in [0.2, 0.25) is 0 Å². The van der Waals surface area contributed by atoms with Crippen molar-refractivity contribution in [3.63, 3.8) is 0 Å². The van der Waals surface area contributed by atoms with Gasteiger partial charge in [-0.2, -0.15) is 0 Å². The maximum atomic E-state index is 12.1. The number of piperazine rings is 1. The number of methoxy groups -OCH3 is 1. The summed E-state index contributed by atoms with van der Waals surface area (Å²) in [6, 6.07) is 5.87. The third kappa shape index (κ3) is 3.26. The molecule has 0 unspecified atom stereocenters. The molecule has 3 rings (SSSR count). The van der Waals surface area contributed by atoms with Crippen LogP contribution in [0.15, 0.2) is 22.6 Å². The molecule has 1 aliphatic heterocycles. The van der Waals surface area contributed by atoms with Gasteiger partial charge in [-0.25, -0.2) is 4.98 Å². The van der Waals surface area contributed by atoms with Crippen molar-refractivity contribution in [2.24, 2.45) is 0 Å². The Morgan fingerprint density at radius 1 is 1.36 bits per heavy atom. The number of nitrogens with one attached hydrogen (secondary N) is 1. The topological polar surface area (TPSA) is 67.6 Å². The highest BCUT2D eigenvalue weighted by atomic mass is 16.5. The molecule has 6 nitrogen and oxygen atoms in total.